The molecular formula is C24H21ClF3N3O5. The molecule has 0 spiro atoms. The van der Waals surface area contributed by atoms with E-state index >= 15 is 0 Å². The van der Waals surface area contributed by atoms with Crippen molar-refractivity contribution in [1.29, 1.82) is 0 Å². The van der Waals surface area contributed by atoms with Crippen molar-refractivity contribution >= 4 is 46.8 Å². The predicted octanol–water partition coefficient (Wildman–Crippen LogP) is 4.28. The number of fused-ring (bicyclic) bond motifs is 1. The summed E-state index contributed by atoms with van der Waals surface area (Å²) in [5.41, 5.74) is -0.650. The maximum absolute atomic E-state index is 13.4. The van der Waals surface area contributed by atoms with Crippen molar-refractivity contribution in [1.82, 2.24) is 4.90 Å². The summed E-state index contributed by atoms with van der Waals surface area (Å²) in [5.74, 6) is -4.38. The van der Waals surface area contributed by atoms with Crippen LogP contribution in [0.15, 0.2) is 36.4 Å². The minimum atomic E-state index is -4.76. The monoisotopic (exact) mass is 523 g/mol. The topological polar surface area (TPSA) is 98.2 Å². The molecule has 4 rings (SSSR count). The molecule has 2 aromatic carbocycles. The average Bonchev–Trinajstić information content (AvgIpc) is 2.96. The van der Waals surface area contributed by atoms with Crippen LogP contribution < -0.4 is 9.80 Å². The number of alkyl halides is 3. The number of carbonyl (C=O) groups is 4. The highest BCUT2D eigenvalue weighted by atomic mass is 35.5. The maximum atomic E-state index is 13.4. The van der Waals surface area contributed by atoms with Crippen LogP contribution in [0.1, 0.15) is 30.5 Å². The lowest BCUT2D eigenvalue weighted by Gasteiger charge is -2.37. The van der Waals surface area contributed by atoms with Gasteiger partial charge >= 0.3 is 18.2 Å². The Labute approximate surface area is 208 Å². The van der Waals surface area contributed by atoms with E-state index in [0.717, 1.165) is 17.0 Å². The first-order chi connectivity index (χ1) is 16.7. The lowest BCUT2D eigenvalue weighted by atomic mass is 9.86. The summed E-state index contributed by atoms with van der Waals surface area (Å²) < 4.78 is 39.9. The average molecular weight is 524 g/mol. The van der Waals surface area contributed by atoms with Crippen molar-refractivity contribution in [3.63, 3.8) is 0 Å². The number of rotatable bonds is 4. The second-order valence-electron chi connectivity index (χ2n) is 9.18. The van der Waals surface area contributed by atoms with Gasteiger partial charge in [0.15, 0.2) is 5.92 Å². The molecule has 1 saturated heterocycles. The minimum absolute atomic E-state index is 0.166. The molecule has 12 heteroatoms. The number of carbonyl (C=O) groups excluding carboxylic acids is 3. The molecular weight excluding hydrogens is 503 g/mol. The van der Waals surface area contributed by atoms with E-state index in [0.29, 0.717) is 16.2 Å². The number of hydrogen-bond donors (Lipinski definition) is 1. The van der Waals surface area contributed by atoms with Gasteiger partial charge in [0.05, 0.1) is 22.5 Å². The Morgan fingerprint density at radius 1 is 1.17 bits per heavy atom. The summed E-state index contributed by atoms with van der Waals surface area (Å²) in [6.45, 7) is 2.36. The van der Waals surface area contributed by atoms with Crippen LogP contribution in [0.25, 0.3) is 0 Å². The van der Waals surface area contributed by atoms with E-state index in [-0.39, 0.29) is 17.2 Å². The SMILES string of the molecule is CN1C(=O)C(C)(C)c2ccc(N3CC(C(=O)O)C(=O)N(Cc4cccc(C(F)(F)F)c4Cl)C3=O)cc21. The van der Waals surface area contributed by atoms with Crippen molar-refractivity contribution in [3.8, 4) is 0 Å². The number of nitrogens with zero attached hydrogens (tertiary/aromatic N) is 3. The Bertz CT molecular complexity index is 1310. The number of aliphatic carboxylic acids is 1. The van der Waals surface area contributed by atoms with Crippen molar-refractivity contribution in [2.75, 3.05) is 23.4 Å². The van der Waals surface area contributed by atoms with Crippen LogP contribution >= 0.6 is 11.6 Å². The zero-order valence-corrected chi connectivity index (χ0v) is 20.1. The van der Waals surface area contributed by atoms with E-state index in [9.17, 15) is 37.5 Å². The van der Waals surface area contributed by atoms with Crippen LogP contribution in [0, 0.1) is 5.92 Å². The molecule has 0 radical (unpaired) electrons. The summed E-state index contributed by atoms with van der Waals surface area (Å²) in [4.78, 5) is 53.8. The highest BCUT2D eigenvalue weighted by molar-refractivity contribution is 6.32. The summed E-state index contributed by atoms with van der Waals surface area (Å²) in [5, 5.41) is 8.95. The number of likely N-dealkylation sites (N-methyl/N-ethyl adjacent to an activating group) is 1. The number of amides is 4. The Kier molecular flexibility index (Phi) is 6.02. The number of carboxylic acid groups (broad SMARTS) is 1. The third kappa shape index (κ3) is 3.97. The van der Waals surface area contributed by atoms with Gasteiger partial charge in [-0.1, -0.05) is 29.8 Å². The van der Waals surface area contributed by atoms with Gasteiger partial charge in [-0.3, -0.25) is 24.2 Å². The van der Waals surface area contributed by atoms with Gasteiger partial charge in [0.25, 0.3) is 0 Å². The molecule has 2 aliphatic heterocycles. The molecule has 2 aromatic rings. The Morgan fingerprint density at radius 2 is 1.83 bits per heavy atom. The Balaban J connectivity index is 1.74. The molecule has 2 aliphatic rings. The fourth-order valence-corrected chi connectivity index (χ4v) is 4.83. The quantitative estimate of drug-likeness (QED) is 0.603. The van der Waals surface area contributed by atoms with E-state index in [4.69, 9.17) is 11.6 Å². The van der Waals surface area contributed by atoms with Gasteiger partial charge in [-0.25, -0.2) is 4.79 Å². The van der Waals surface area contributed by atoms with E-state index in [1.807, 2.05) is 0 Å². The summed E-state index contributed by atoms with van der Waals surface area (Å²) >= 11 is 5.94. The first kappa shape index (κ1) is 25.5. The van der Waals surface area contributed by atoms with Gasteiger partial charge in [-0.05, 0) is 43.2 Å². The second kappa shape index (κ2) is 8.51. The first-order valence-electron chi connectivity index (χ1n) is 10.8. The van der Waals surface area contributed by atoms with Crippen LogP contribution in [0.4, 0.5) is 29.3 Å². The van der Waals surface area contributed by atoms with Crippen LogP contribution in [-0.4, -0.2) is 47.4 Å². The number of carboxylic acids is 1. The summed E-state index contributed by atoms with van der Waals surface area (Å²) in [7, 11) is 1.57. The maximum Gasteiger partial charge on any atom is 0.417 e. The largest absolute Gasteiger partial charge is 0.481 e. The molecule has 8 nitrogen and oxygen atoms in total. The van der Waals surface area contributed by atoms with Crippen molar-refractivity contribution in [2.24, 2.45) is 5.92 Å². The van der Waals surface area contributed by atoms with E-state index in [1.54, 1.807) is 33.0 Å². The highest BCUT2D eigenvalue weighted by Crippen LogP contribution is 2.43. The Hall–Kier alpha value is -3.60. The standard InChI is InChI=1S/C24H21ClF3N3O5/c1-23(2)15-8-7-13(9-17(15)29(3)21(23)35)30-11-14(20(33)34)19(32)31(22(30)36)10-12-5-4-6-16(18(12)25)24(26,27)28/h4-9,14H,10-11H2,1-3H3,(H,33,34). The number of halogens is 4. The zero-order valence-electron chi connectivity index (χ0n) is 19.4. The lowest BCUT2D eigenvalue weighted by molar-refractivity contribution is -0.150. The second-order valence-corrected chi connectivity index (χ2v) is 9.55. The van der Waals surface area contributed by atoms with Crippen molar-refractivity contribution < 1.29 is 37.5 Å². The predicted molar refractivity (Wildman–Crippen MR) is 124 cm³/mol. The molecule has 4 amide bonds. The van der Waals surface area contributed by atoms with Crippen LogP contribution in [0.2, 0.25) is 5.02 Å². The normalized spacial score (nSPS) is 19.7. The third-order valence-corrected chi connectivity index (χ3v) is 7.02. The first-order valence-corrected chi connectivity index (χ1v) is 11.2. The van der Waals surface area contributed by atoms with Crippen LogP contribution in [-0.2, 0) is 32.5 Å². The zero-order chi connectivity index (χ0) is 26.7. The fourth-order valence-electron chi connectivity index (χ4n) is 4.54. The molecule has 2 heterocycles. The van der Waals surface area contributed by atoms with Gasteiger partial charge in [-0.15, -0.1) is 0 Å². The van der Waals surface area contributed by atoms with E-state index in [1.165, 1.54) is 17.0 Å². The van der Waals surface area contributed by atoms with Gasteiger partial charge in [0.1, 0.15) is 0 Å². The molecule has 1 fully saturated rings. The Morgan fingerprint density at radius 3 is 2.44 bits per heavy atom. The third-order valence-electron chi connectivity index (χ3n) is 6.57. The molecule has 0 saturated carbocycles. The fraction of sp³-hybridized carbons (Fsp3) is 0.333. The number of benzene rings is 2. The molecule has 1 N–H and O–H groups in total. The number of hydrogen-bond acceptors (Lipinski definition) is 4. The smallest absolute Gasteiger partial charge is 0.417 e. The molecule has 36 heavy (non-hydrogen) atoms. The molecule has 0 aromatic heterocycles. The number of imide groups is 1. The molecule has 0 bridgehead atoms. The highest BCUT2D eigenvalue weighted by Gasteiger charge is 2.46. The molecule has 190 valence electrons. The molecule has 1 atom stereocenters. The van der Waals surface area contributed by atoms with Crippen LogP contribution in [0.5, 0.6) is 0 Å². The van der Waals surface area contributed by atoms with Crippen molar-refractivity contribution in [2.45, 2.75) is 32.0 Å². The summed E-state index contributed by atoms with van der Waals surface area (Å²) in [6, 6.07) is 6.90. The number of urea groups is 1. The van der Waals surface area contributed by atoms with Gasteiger partial charge < -0.3 is 10.0 Å². The van der Waals surface area contributed by atoms with Gasteiger partial charge in [-0.2, -0.15) is 13.2 Å². The van der Waals surface area contributed by atoms with Crippen molar-refractivity contribution in [3.05, 3.63) is 58.1 Å². The lowest BCUT2D eigenvalue weighted by Crippen LogP contribution is -2.58. The van der Waals surface area contributed by atoms with E-state index < -0.39 is 59.1 Å². The number of anilines is 2. The molecule has 0 aliphatic carbocycles. The van der Waals surface area contributed by atoms with Gasteiger partial charge in [0, 0.05) is 25.0 Å². The van der Waals surface area contributed by atoms with Crippen LogP contribution in [0.3, 0.4) is 0 Å². The van der Waals surface area contributed by atoms with E-state index in [2.05, 4.69) is 0 Å². The molecule has 1 unspecified atom stereocenters. The minimum Gasteiger partial charge on any atom is -0.481 e. The summed E-state index contributed by atoms with van der Waals surface area (Å²) in [6.07, 6.45) is -4.76. The van der Waals surface area contributed by atoms with Gasteiger partial charge in [0.2, 0.25) is 11.8 Å².